The van der Waals surface area contributed by atoms with Crippen molar-refractivity contribution in [3.05, 3.63) is 124 Å². The number of halogens is 2. The molecule has 11 heteroatoms. The number of methoxy groups -OCH3 is 1. The van der Waals surface area contributed by atoms with Crippen molar-refractivity contribution in [3.8, 4) is 5.75 Å². The number of carbonyl (C=O) groups excluding carboxylic acids is 2. The van der Waals surface area contributed by atoms with Crippen LogP contribution in [-0.2, 0) is 32.6 Å². The summed E-state index contributed by atoms with van der Waals surface area (Å²) in [6, 6.07) is 26.2. The number of carbonyl (C=O) groups is 2. The van der Waals surface area contributed by atoms with E-state index >= 15 is 0 Å². The van der Waals surface area contributed by atoms with Gasteiger partial charge in [-0.15, -0.1) is 0 Å². The highest BCUT2D eigenvalue weighted by Crippen LogP contribution is 2.29. The highest BCUT2D eigenvalue weighted by molar-refractivity contribution is 7.92. The van der Waals surface area contributed by atoms with E-state index in [9.17, 15) is 18.0 Å². The molecule has 0 aromatic heterocycles. The van der Waals surface area contributed by atoms with Crippen molar-refractivity contribution < 1.29 is 22.7 Å². The van der Waals surface area contributed by atoms with Crippen molar-refractivity contribution >= 4 is 50.7 Å². The van der Waals surface area contributed by atoms with Crippen molar-refractivity contribution in [3.63, 3.8) is 0 Å². The topological polar surface area (TPSA) is 96.0 Å². The maximum absolute atomic E-state index is 14.6. The molecule has 1 atom stereocenters. The number of hydrogen-bond donors (Lipinski definition) is 1. The average Bonchev–Trinajstić information content (AvgIpc) is 3.03. The number of anilines is 1. The van der Waals surface area contributed by atoms with Gasteiger partial charge in [-0.05, 0) is 75.2 Å². The van der Waals surface area contributed by atoms with Gasteiger partial charge in [0.15, 0.2) is 0 Å². The number of benzene rings is 4. The van der Waals surface area contributed by atoms with E-state index in [1.54, 1.807) is 54.6 Å². The monoisotopic (exact) mass is 695 g/mol. The first-order valence-electron chi connectivity index (χ1n) is 15.0. The molecule has 1 N–H and O–H groups in total. The summed E-state index contributed by atoms with van der Waals surface area (Å²) in [5.74, 6) is -0.568. The second-order valence-electron chi connectivity index (χ2n) is 12.2. The number of nitrogens with one attached hydrogen (secondary N) is 1. The standard InChI is InChI=1S/C36H39Cl2N3O5S/c1-25-14-17-30(18-15-25)47(44,45)41(28-12-9-13-29(22-28)46-5)24-34(42)40(23-27-16-19-31(37)32(38)20-27)33(35(43)39-36(2,3)4)21-26-10-7-6-8-11-26/h6-20,22,33H,21,23-24H2,1-5H3,(H,39,43). The van der Waals surface area contributed by atoms with Gasteiger partial charge >= 0.3 is 0 Å². The van der Waals surface area contributed by atoms with Gasteiger partial charge in [-0.2, -0.15) is 0 Å². The molecule has 0 fully saturated rings. The molecule has 8 nitrogen and oxygen atoms in total. The zero-order valence-corrected chi connectivity index (χ0v) is 29.4. The second-order valence-corrected chi connectivity index (χ2v) is 14.9. The summed E-state index contributed by atoms with van der Waals surface area (Å²) in [5, 5.41) is 3.64. The summed E-state index contributed by atoms with van der Waals surface area (Å²) >= 11 is 12.5. The third-order valence-corrected chi connectivity index (χ3v) is 9.86. The highest BCUT2D eigenvalue weighted by atomic mass is 35.5. The van der Waals surface area contributed by atoms with Crippen LogP contribution < -0.4 is 14.4 Å². The first-order valence-corrected chi connectivity index (χ1v) is 17.2. The lowest BCUT2D eigenvalue weighted by Gasteiger charge is -2.35. The van der Waals surface area contributed by atoms with Gasteiger partial charge in [-0.3, -0.25) is 13.9 Å². The van der Waals surface area contributed by atoms with Gasteiger partial charge in [-0.25, -0.2) is 8.42 Å². The molecule has 2 amide bonds. The number of ether oxygens (including phenoxy) is 1. The SMILES string of the molecule is COc1cccc(N(CC(=O)N(Cc2ccc(Cl)c(Cl)c2)C(Cc2ccccc2)C(=O)NC(C)(C)C)S(=O)(=O)c2ccc(C)cc2)c1. The van der Waals surface area contributed by atoms with Crippen molar-refractivity contribution in [2.45, 2.75) is 57.1 Å². The molecule has 0 aliphatic heterocycles. The number of sulfonamides is 1. The molecule has 0 heterocycles. The van der Waals surface area contributed by atoms with Gasteiger partial charge in [0.1, 0.15) is 18.3 Å². The van der Waals surface area contributed by atoms with Crippen LogP contribution in [0.3, 0.4) is 0 Å². The van der Waals surface area contributed by atoms with Gasteiger partial charge < -0.3 is 15.0 Å². The zero-order chi connectivity index (χ0) is 34.4. The molecule has 0 spiro atoms. The fourth-order valence-corrected chi connectivity index (χ4v) is 6.70. The summed E-state index contributed by atoms with van der Waals surface area (Å²) in [6.07, 6.45) is 0.180. The first kappa shape index (κ1) is 35.8. The molecule has 47 heavy (non-hydrogen) atoms. The Morgan fingerprint density at radius 1 is 0.851 bits per heavy atom. The Morgan fingerprint density at radius 3 is 2.15 bits per heavy atom. The van der Waals surface area contributed by atoms with E-state index in [1.807, 2.05) is 58.0 Å². The number of rotatable bonds is 12. The van der Waals surface area contributed by atoms with Crippen molar-refractivity contribution in [2.75, 3.05) is 18.0 Å². The zero-order valence-electron chi connectivity index (χ0n) is 27.0. The van der Waals surface area contributed by atoms with E-state index in [4.69, 9.17) is 27.9 Å². The van der Waals surface area contributed by atoms with E-state index < -0.39 is 34.1 Å². The van der Waals surface area contributed by atoms with Crippen LogP contribution in [0.2, 0.25) is 10.0 Å². The van der Waals surface area contributed by atoms with Gasteiger partial charge in [0.05, 0.1) is 27.7 Å². The lowest BCUT2D eigenvalue weighted by atomic mass is 10.0. The second kappa shape index (κ2) is 15.2. The molecule has 0 radical (unpaired) electrons. The molecule has 1 unspecified atom stereocenters. The largest absolute Gasteiger partial charge is 0.497 e. The maximum Gasteiger partial charge on any atom is 0.264 e. The fourth-order valence-electron chi connectivity index (χ4n) is 4.97. The molecule has 248 valence electrons. The molecule has 0 bridgehead atoms. The van der Waals surface area contributed by atoms with Crippen LogP contribution in [-0.4, -0.2) is 50.4 Å². The molecular weight excluding hydrogens is 657 g/mol. The molecule has 0 saturated heterocycles. The van der Waals surface area contributed by atoms with E-state index in [-0.39, 0.29) is 34.5 Å². The van der Waals surface area contributed by atoms with Crippen molar-refractivity contribution in [1.82, 2.24) is 10.2 Å². The molecule has 4 aromatic rings. The van der Waals surface area contributed by atoms with Gasteiger partial charge in [-0.1, -0.05) is 83.4 Å². The van der Waals surface area contributed by atoms with E-state index in [0.29, 0.717) is 16.3 Å². The molecule has 0 saturated carbocycles. The summed E-state index contributed by atoms with van der Waals surface area (Å²) in [4.78, 5) is 30.1. The van der Waals surface area contributed by atoms with Crippen LogP contribution in [0.25, 0.3) is 0 Å². The Balaban J connectivity index is 1.84. The Morgan fingerprint density at radius 2 is 1.53 bits per heavy atom. The number of amides is 2. The molecule has 0 aliphatic rings. The van der Waals surface area contributed by atoms with Crippen LogP contribution in [0.1, 0.15) is 37.5 Å². The number of nitrogens with zero attached hydrogens (tertiary/aromatic N) is 2. The maximum atomic E-state index is 14.6. The van der Waals surface area contributed by atoms with E-state index in [0.717, 1.165) is 15.4 Å². The minimum atomic E-state index is -4.25. The summed E-state index contributed by atoms with van der Waals surface area (Å²) in [6.45, 7) is 6.78. The summed E-state index contributed by atoms with van der Waals surface area (Å²) in [5.41, 5.74) is 1.95. The minimum Gasteiger partial charge on any atom is -0.497 e. The summed E-state index contributed by atoms with van der Waals surface area (Å²) < 4.78 is 34.9. The van der Waals surface area contributed by atoms with Crippen LogP contribution in [0, 0.1) is 6.92 Å². The normalized spacial score (nSPS) is 12.2. The van der Waals surface area contributed by atoms with Gasteiger partial charge in [0, 0.05) is 24.6 Å². The Kier molecular flexibility index (Phi) is 11.6. The molecule has 0 aliphatic carbocycles. The van der Waals surface area contributed by atoms with Gasteiger partial charge in [0.25, 0.3) is 10.0 Å². The van der Waals surface area contributed by atoms with Crippen molar-refractivity contribution in [2.24, 2.45) is 0 Å². The Bertz CT molecular complexity index is 1810. The summed E-state index contributed by atoms with van der Waals surface area (Å²) in [7, 11) is -2.78. The average molecular weight is 697 g/mol. The van der Waals surface area contributed by atoms with Gasteiger partial charge in [0.2, 0.25) is 11.8 Å². The number of hydrogen-bond acceptors (Lipinski definition) is 5. The Labute approximate surface area is 287 Å². The minimum absolute atomic E-state index is 0.0149. The molecule has 4 aromatic carbocycles. The van der Waals surface area contributed by atoms with Crippen LogP contribution >= 0.6 is 23.2 Å². The van der Waals surface area contributed by atoms with Crippen LogP contribution in [0.5, 0.6) is 5.75 Å². The Hall–Kier alpha value is -4.05. The predicted molar refractivity (Wildman–Crippen MR) is 188 cm³/mol. The first-order chi connectivity index (χ1) is 22.2. The third-order valence-electron chi connectivity index (χ3n) is 7.34. The number of aryl methyl sites for hydroxylation is 1. The predicted octanol–water partition coefficient (Wildman–Crippen LogP) is 7.06. The van der Waals surface area contributed by atoms with Crippen molar-refractivity contribution in [1.29, 1.82) is 0 Å². The fraction of sp³-hybridized carbons (Fsp3) is 0.278. The van der Waals surface area contributed by atoms with Crippen LogP contribution in [0.15, 0.2) is 102 Å². The lowest BCUT2D eigenvalue weighted by Crippen LogP contribution is -2.56. The van der Waals surface area contributed by atoms with Crippen LogP contribution in [0.4, 0.5) is 5.69 Å². The highest BCUT2D eigenvalue weighted by Gasteiger charge is 2.35. The molecule has 4 rings (SSSR count). The van der Waals surface area contributed by atoms with E-state index in [1.165, 1.54) is 24.1 Å². The quantitative estimate of drug-likeness (QED) is 0.171. The third kappa shape index (κ3) is 9.50. The van der Waals surface area contributed by atoms with E-state index in [2.05, 4.69) is 5.32 Å². The smallest absolute Gasteiger partial charge is 0.264 e. The lowest BCUT2D eigenvalue weighted by molar-refractivity contribution is -0.140. The molecular formula is C36H39Cl2N3O5S.